The lowest BCUT2D eigenvalue weighted by Gasteiger charge is -2.17. The number of para-hydroxylation sites is 3. The molecule has 10 heteroatoms. The summed E-state index contributed by atoms with van der Waals surface area (Å²) in [6.45, 7) is 0.0628. The van der Waals surface area contributed by atoms with E-state index in [-0.39, 0.29) is 18.0 Å². The third-order valence-electron chi connectivity index (χ3n) is 7.39. The molecule has 0 saturated carbocycles. The fourth-order valence-corrected chi connectivity index (χ4v) is 5.56. The average Bonchev–Trinajstić information content (AvgIpc) is 3.07. The number of fused-ring (bicyclic) bond motifs is 1. The first-order valence-electron chi connectivity index (χ1n) is 14.5. The number of aromatic nitrogens is 2. The minimum absolute atomic E-state index is 0.0628. The smallest absolute Gasteiger partial charge is 0.265 e. The van der Waals surface area contributed by atoms with Crippen molar-refractivity contribution >= 4 is 62.8 Å². The van der Waals surface area contributed by atoms with E-state index in [4.69, 9.17) is 32.9 Å². The van der Waals surface area contributed by atoms with Gasteiger partial charge in [0.25, 0.3) is 5.56 Å². The lowest BCUT2D eigenvalue weighted by Crippen LogP contribution is -2.24. The summed E-state index contributed by atoms with van der Waals surface area (Å²) in [5, 5.41) is 10.9. The van der Waals surface area contributed by atoms with Crippen LogP contribution < -0.4 is 26.2 Å². The molecule has 0 bridgehead atoms. The Labute approximate surface area is 275 Å². The van der Waals surface area contributed by atoms with Gasteiger partial charge < -0.3 is 20.7 Å². The van der Waals surface area contributed by atoms with Crippen molar-refractivity contribution in [1.29, 1.82) is 0 Å². The minimum atomic E-state index is -0.197. The summed E-state index contributed by atoms with van der Waals surface area (Å²) < 4.78 is 6.79. The number of hydrogen-bond acceptors (Lipinski definition) is 6. The maximum atomic E-state index is 13.9. The van der Waals surface area contributed by atoms with E-state index < -0.39 is 0 Å². The van der Waals surface area contributed by atoms with Gasteiger partial charge in [-0.15, -0.1) is 0 Å². The van der Waals surface area contributed by atoms with E-state index in [9.17, 15) is 9.59 Å². The molecule has 0 aliphatic carbocycles. The van der Waals surface area contributed by atoms with E-state index in [1.165, 1.54) is 0 Å². The number of hydrogen-bond donors (Lipinski definition) is 3. The average molecular weight is 651 g/mol. The normalized spacial score (nSPS) is 10.8. The summed E-state index contributed by atoms with van der Waals surface area (Å²) in [6.07, 6.45) is 0.344. The molecule has 0 saturated heterocycles. The number of anilines is 4. The van der Waals surface area contributed by atoms with Crippen molar-refractivity contribution in [1.82, 2.24) is 9.55 Å². The molecule has 0 unspecified atom stereocenters. The summed E-state index contributed by atoms with van der Waals surface area (Å²) in [7, 11) is 1.59. The Bertz CT molecular complexity index is 2060. The van der Waals surface area contributed by atoms with Crippen molar-refractivity contribution in [2.45, 2.75) is 6.42 Å². The first-order valence-corrected chi connectivity index (χ1v) is 15.2. The highest BCUT2D eigenvalue weighted by molar-refractivity contribution is 6.39. The Kier molecular flexibility index (Phi) is 9.19. The van der Waals surface area contributed by atoms with Gasteiger partial charge >= 0.3 is 0 Å². The molecular formula is C36H29Cl2N5O3. The van der Waals surface area contributed by atoms with Gasteiger partial charge in [0.1, 0.15) is 11.6 Å². The van der Waals surface area contributed by atoms with Crippen LogP contribution in [0.25, 0.3) is 16.6 Å². The Morgan fingerprint density at radius 3 is 2.22 bits per heavy atom. The second-order valence-electron chi connectivity index (χ2n) is 10.4. The predicted octanol–water partition coefficient (Wildman–Crippen LogP) is 8.09. The maximum Gasteiger partial charge on any atom is 0.265 e. The molecule has 0 aliphatic rings. The van der Waals surface area contributed by atoms with Gasteiger partial charge in [0.05, 0.1) is 46.0 Å². The zero-order valence-electron chi connectivity index (χ0n) is 24.8. The van der Waals surface area contributed by atoms with Crippen LogP contribution in [0, 0.1) is 0 Å². The molecule has 1 heterocycles. The number of rotatable bonds is 10. The van der Waals surface area contributed by atoms with Crippen LogP contribution in [0.5, 0.6) is 5.75 Å². The number of amides is 1. The van der Waals surface area contributed by atoms with Crippen molar-refractivity contribution in [2.24, 2.45) is 0 Å². The topological polar surface area (TPSA) is 97.3 Å². The van der Waals surface area contributed by atoms with Gasteiger partial charge in [-0.05, 0) is 84.4 Å². The van der Waals surface area contributed by atoms with E-state index in [1.54, 1.807) is 60.2 Å². The van der Waals surface area contributed by atoms with Crippen LogP contribution >= 0.6 is 23.2 Å². The Hall–Kier alpha value is -5.31. The van der Waals surface area contributed by atoms with Gasteiger partial charge in [0.15, 0.2) is 0 Å². The molecule has 6 aromatic rings. The van der Waals surface area contributed by atoms with Gasteiger partial charge in [-0.25, -0.2) is 4.98 Å². The van der Waals surface area contributed by atoms with E-state index in [1.807, 2.05) is 66.7 Å². The van der Waals surface area contributed by atoms with Crippen molar-refractivity contribution in [2.75, 3.05) is 29.6 Å². The largest absolute Gasteiger partial charge is 0.497 e. The molecule has 1 amide bonds. The SMILES string of the molecule is COc1ccc(NC(=O)CNc2ccc(-n3c(Cc4ccccc4Nc4c(Cl)cccc4Cl)nc4ccccc4c3=O)cc2)cc1. The molecule has 5 aromatic carbocycles. The van der Waals surface area contributed by atoms with Crippen LogP contribution in [0.2, 0.25) is 10.0 Å². The van der Waals surface area contributed by atoms with Crippen molar-refractivity contribution in [3.63, 3.8) is 0 Å². The minimum Gasteiger partial charge on any atom is -0.497 e. The van der Waals surface area contributed by atoms with Crippen molar-refractivity contribution in [3.05, 3.63) is 147 Å². The number of ether oxygens (including phenoxy) is 1. The van der Waals surface area contributed by atoms with E-state index in [2.05, 4.69) is 16.0 Å². The lowest BCUT2D eigenvalue weighted by molar-refractivity contribution is -0.114. The summed E-state index contributed by atoms with van der Waals surface area (Å²) in [5.74, 6) is 1.07. The highest BCUT2D eigenvalue weighted by Gasteiger charge is 2.16. The summed E-state index contributed by atoms with van der Waals surface area (Å²) in [5.41, 5.74) is 4.76. The molecule has 0 spiro atoms. The Morgan fingerprint density at radius 2 is 1.48 bits per heavy atom. The molecule has 3 N–H and O–H groups in total. The highest BCUT2D eigenvalue weighted by Crippen LogP contribution is 2.34. The van der Waals surface area contributed by atoms with Crippen LogP contribution in [0.3, 0.4) is 0 Å². The van der Waals surface area contributed by atoms with Crippen molar-refractivity contribution in [3.8, 4) is 11.4 Å². The van der Waals surface area contributed by atoms with Crippen LogP contribution in [-0.2, 0) is 11.2 Å². The Morgan fingerprint density at radius 1 is 0.804 bits per heavy atom. The number of methoxy groups -OCH3 is 1. The third kappa shape index (κ3) is 6.83. The molecule has 0 atom stereocenters. The van der Waals surface area contributed by atoms with E-state index in [0.29, 0.717) is 56.0 Å². The molecule has 8 nitrogen and oxygen atoms in total. The molecule has 6 rings (SSSR count). The van der Waals surface area contributed by atoms with Gasteiger partial charge in [0, 0.05) is 23.5 Å². The molecule has 0 aliphatic heterocycles. The number of carbonyl (C=O) groups is 1. The van der Waals surface area contributed by atoms with Gasteiger partial charge in [-0.1, -0.05) is 59.6 Å². The first-order chi connectivity index (χ1) is 22.4. The molecule has 230 valence electrons. The van der Waals surface area contributed by atoms with Crippen LogP contribution in [0.4, 0.5) is 22.7 Å². The molecule has 0 radical (unpaired) electrons. The first kappa shape index (κ1) is 30.7. The second-order valence-corrected chi connectivity index (χ2v) is 11.2. The predicted molar refractivity (Wildman–Crippen MR) is 186 cm³/mol. The fourth-order valence-electron chi connectivity index (χ4n) is 5.07. The zero-order valence-corrected chi connectivity index (χ0v) is 26.3. The monoisotopic (exact) mass is 649 g/mol. The van der Waals surface area contributed by atoms with Gasteiger partial charge in [-0.2, -0.15) is 0 Å². The van der Waals surface area contributed by atoms with E-state index >= 15 is 0 Å². The number of benzene rings is 5. The zero-order chi connectivity index (χ0) is 32.0. The number of nitrogens with zero attached hydrogens (tertiary/aromatic N) is 2. The summed E-state index contributed by atoms with van der Waals surface area (Å²) in [6, 6.07) is 34.8. The summed E-state index contributed by atoms with van der Waals surface area (Å²) in [4.78, 5) is 31.4. The molecule has 46 heavy (non-hydrogen) atoms. The second kappa shape index (κ2) is 13.8. The number of nitrogens with one attached hydrogen (secondary N) is 3. The highest BCUT2D eigenvalue weighted by atomic mass is 35.5. The molecule has 0 fully saturated rings. The number of halogens is 2. The van der Waals surface area contributed by atoms with Gasteiger partial charge in [-0.3, -0.25) is 14.2 Å². The maximum absolute atomic E-state index is 13.9. The number of carbonyl (C=O) groups excluding carboxylic acids is 1. The Balaban J connectivity index is 1.27. The molecular weight excluding hydrogens is 621 g/mol. The summed E-state index contributed by atoms with van der Waals surface area (Å²) >= 11 is 12.9. The fraction of sp³-hybridized carbons (Fsp3) is 0.0833. The lowest BCUT2D eigenvalue weighted by atomic mass is 10.1. The standard InChI is InChI=1S/C36H29Cl2N5O3/c1-46-27-19-15-25(16-20-27)40-34(44)22-39-24-13-17-26(18-14-24)43-33(41-32-12-5-3-8-28(32)36(43)45)21-23-7-2-4-11-31(23)42-35-29(37)9-6-10-30(35)38/h2-20,39,42H,21-22H2,1H3,(H,40,44). The molecule has 1 aromatic heterocycles. The van der Waals surface area contributed by atoms with Crippen molar-refractivity contribution < 1.29 is 9.53 Å². The third-order valence-corrected chi connectivity index (χ3v) is 8.02. The van der Waals surface area contributed by atoms with Gasteiger partial charge in [0.2, 0.25) is 5.91 Å². The van der Waals surface area contributed by atoms with Crippen LogP contribution in [0.15, 0.2) is 120 Å². The van der Waals surface area contributed by atoms with Crippen LogP contribution in [-0.4, -0.2) is 29.1 Å². The van der Waals surface area contributed by atoms with E-state index in [0.717, 1.165) is 16.9 Å². The van der Waals surface area contributed by atoms with Crippen LogP contribution in [0.1, 0.15) is 11.4 Å². The quantitative estimate of drug-likeness (QED) is 0.139.